The van der Waals surface area contributed by atoms with E-state index in [0.717, 1.165) is 0 Å². The van der Waals surface area contributed by atoms with Gasteiger partial charge in [0.05, 0.1) is 12.3 Å². The Morgan fingerprint density at radius 3 is 2.84 bits per heavy atom. The molecular weight excluding hydrogens is 426 g/mol. The number of amides is 1. The van der Waals surface area contributed by atoms with Gasteiger partial charge in [0.25, 0.3) is 5.91 Å². The van der Waals surface area contributed by atoms with E-state index in [2.05, 4.69) is 27.0 Å². The van der Waals surface area contributed by atoms with Gasteiger partial charge in [-0.1, -0.05) is 18.4 Å². The predicted octanol–water partition coefficient (Wildman–Crippen LogP) is -2.06. The topological polar surface area (TPSA) is 108 Å². The maximum atomic E-state index is 13.8. The van der Waals surface area contributed by atoms with Gasteiger partial charge in [-0.05, 0) is 38.5 Å². The van der Waals surface area contributed by atoms with Gasteiger partial charge in [0.1, 0.15) is 35.1 Å². The molecule has 2 aliphatic rings. The van der Waals surface area contributed by atoms with Crippen LogP contribution in [-0.2, 0) is 16.1 Å². The van der Waals surface area contributed by atoms with E-state index in [4.69, 9.17) is 4.74 Å². The standard InChI is InChI=1S/C21H23FN6O3.Na/c1-12-18(29)17(26-20-21(3,4)31-8-7-27(12)20)19(30)23-10-14-5-6-15(22)9-16(14)28-13(2)24-11-25-28;/h5-6,9,11,29H,1,7-8,10H2,2-4H3,(H,23,30);/q;+1/p-1. The molecule has 11 heteroatoms. The van der Waals surface area contributed by atoms with Gasteiger partial charge in [0.15, 0.2) is 0 Å². The number of morpholine rings is 1. The Balaban J connectivity index is 0.00000289. The predicted molar refractivity (Wildman–Crippen MR) is 108 cm³/mol. The summed E-state index contributed by atoms with van der Waals surface area (Å²) in [6.45, 7) is 10.1. The van der Waals surface area contributed by atoms with Gasteiger partial charge in [-0.15, -0.1) is 0 Å². The van der Waals surface area contributed by atoms with Crippen LogP contribution in [0.1, 0.15) is 25.2 Å². The Morgan fingerprint density at radius 2 is 2.16 bits per heavy atom. The van der Waals surface area contributed by atoms with Crippen molar-refractivity contribution in [2.75, 3.05) is 13.2 Å². The summed E-state index contributed by atoms with van der Waals surface area (Å²) in [5, 5.41) is 19.5. The van der Waals surface area contributed by atoms with Crippen molar-refractivity contribution < 1.29 is 48.6 Å². The first-order chi connectivity index (χ1) is 14.7. The summed E-state index contributed by atoms with van der Waals surface area (Å²) in [5.74, 6) is -0.596. The second kappa shape index (κ2) is 9.14. The van der Waals surface area contributed by atoms with Gasteiger partial charge in [-0.2, -0.15) is 5.10 Å². The van der Waals surface area contributed by atoms with Crippen molar-refractivity contribution in [3.63, 3.8) is 0 Å². The minimum Gasteiger partial charge on any atom is -0.869 e. The molecule has 0 unspecified atom stereocenters. The molecule has 0 spiro atoms. The zero-order valence-corrected chi connectivity index (χ0v) is 20.5. The van der Waals surface area contributed by atoms with Crippen molar-refractivity contribution in [2.45, 2.75) is 32.9 Å². The first-order valence-corrected chi connectivity index (χ1v) is 9.74. The molecule has 2 aliphatic heterocycles. The largest absolute Gasteiger partial charge is 1.00 e. The van der Waals surface area contributed by atoms with Crippen molar-refractivity contribution in [1.82, 2.24) is 25.0 Å². The summed E-state index contributed by atoms with van der Waals surface area (Å²) in [4.78, 5) is 22.9. The van der Waals surface area contributed by atoms with Crippen molar-refractivity contribution >= 4 is 11.7 Å². The Bertz CT molecular complexity index is 1140. The fourth-order valence-electron chi connectivity index (χ4n) is 3.59. The minimum absolute atomic E-state index is 0. The molecule has 0 aliphatic carbocycles. The number of aliphatic imine (C=N–C) groups is 1. The number of fused-ring (bicyclic) bond motifs is 1. The maximum Gasteiger partial charge on any atom is 1.00 e. The van der Waals surface area contributed by atoms with Crippen molar-refractivity contribution in [3.05, 3.63) is 65.5 Å². The molecule has 32 heavy (non-hydrogen) atoms. The van der Waals surface area contributed by atoms with Crippen LogP contribution in [0, 0.1) is 12.7 Å². The fourth-order valence-corrected chi connectivity index (χ4v) is 3.59. The van der Waals surface area contributed by atoms with Crippen LogP contribution in [0.4, 0.5) is 4.39 Å². The summed E-state index contributed by atoms with van der Waals surface area (Å²) in [6.07, 6.45) is 1.36. The molecule has 3 heterocycles. The number of hydrogen-bond acceptors (Lipinski definition) is 7. The quantitative estimate of drug-likeness (QED) is 0.540. The number of halogens is 1. The van der Waals surface area contributed by atoms with Gasteiger partial charge in [-0.25, -0.2) is 19.0 Å². The Morgan fingerprint density at radius 1 is 1.41 bits per heavy atom. The number of benzene rings is 1. The molecule has 1 fully saturated rings. The molecule has 1 saturated heterocycles. The van der Waals surface area contributed by atoms with Gasteiger partial charge in [0, 0.05) is 18.8 Å². The molecule has 0 bridgehead atoms. The SMILES string of the molecule is C=C1C([O-])=C(C(=O)NCc2ccc(F)cc2-n2ncnc2C)N=C2N1CCOC2(C)C.[Na+]. The van der Waals surface area contributed by atoms with Crippen LogP contribution in [0.25, 0.3) is 5.69 Å². The number of aromatic nitrogens is 3. The number of ether oxygens (including phenoxy) is 1. The zero-order chi connectivity index (χ0) is 22.3. The average molecular weight is 448 g/mol. The number of aryl methyl sites for hydroxylation is 1. The molecule has 0 radical (unpaired) electrons. The first-order valence-electron chi connectivity index (χ1n) is 9.74. The van der Waals surface area contributed by atoms with Gasteiger partial charge < -0.3 is 20.1 Å². The normalized spacial score (nSPS) is 17.4. The van der Waals surface area contributed by atoms with Crippen LogP contribution in [0.2, 0.25) is 0 Å². The molecule has 2 aromatic rings. The number of nitrogens with zero attached hydrogens (tertiary/aromatic N) is 5. The fraction of sp³-hybridized carbons (Fsp3) is 0.333. The number of carbonyl (C=O) groups excluding carboxylic acids is 1. The molecule has 162 valence electrons. The number of hydrogen-bond donors (Lipinski definition) is 1. The van der Waals surface area contributed by atoms with Gasteiger partial charge >= 0.3 is 29.6 Å². The number of carbonyl (C=O) groups is 1. The Labute approximate surface area is 207 Å². The van der Waals surface area contributed by atoms with Crippen LogP contribution in [0.3, 0.4) is 0 Å². The van der Waals surface area contributed by atoms with E-state index in [9.17, 15) is 14.3 Å². The van der Waals surface area contributed by atoms with E-state index in [0.29, 0.717) is 36.1 Å². The molecular formula is C21H22FN6NaO3. The smallest absolute Gasteiger partial charge is 0.869 e. The second-order valence-corrected chi connectivity index (χ2v) is 7.75. The average Bonchev–Trinajstić information content (AvgIpc) is 3.15. The number of nitrogens with one attached hydrogen (secondary N) is 1. The van der Waals surface area contributed by atoms with E-state index in [1.54, 1.807) is 17.9 Å². The van der Waals surface area contributed by atoms with E-state index in [1.165, 1.54) is 23.1 Å². The molecule has 0 saturated carbocycles. The summed E-state index contributed by atoms with van der Waals surface area (Å²) >= 11 is 0. The zero-order valence-electron chi connectivity index (χ0n) is 18.5. The third-order valence-corrected chi connectivity index (χ3v) is 5.24. The number of rotatable bonds is 4. The molecule has 1 aromatic carbocycles. The summed E-state index contributed by atoms with van der Waals surface area (Å²) in [6, 6.07) is 4.14. The monoisotopic (exact) mass is 448 g/mol. The van der Waals surface area contributed by atoms with Crippen LogP contribution < -0.4 is 40.0 Å². The Hall–Kier alpha value is -2.53. The van der Waals surface area contributed by atoms with Gasteiger partial charge in [0.2, 0.25) is 0 Å². The van der Waals surface area contributed by atoms with Crippen molar-refractivity contribution in [1.29, 1.82) is 0 Å². The van der Waals surface area contributed by atoms with E-state index in [-0.39, 0.29) is 47.5 Å². The number of amidine groups is 1. The summed E-state index contributed by atoms with van der Waals surface area (Å²) < 4.78 is 21.1. The van der Waals surface area contributed by atoms with Crippen LogP contribution in [0.5, 0.6) is 0 Å². The molecule has 4 rings (SSSR count). The third-order valence-electron chi connectivity index (χ3n) is 5.24. The van der Waals surface area contributed by atoms with Crippen LogP contribution in [-0.4, -0.2) is 50.2 Å². The molecule has 1 amide bonds. The summed E-state index contributed by atoms with van der Waals surface area (Å²) in [7, 11) is 0. The van der Waals surface area contributed by atoms with Crippen molar-refractivity contribution in [2.24, 2.45) is 4.99 Å². The second-order valence-electron chi connectivity index (χ2n) is 7.75. The minimum atomic E-state index is -0.762. The van der Waals surface area contributed by atoms with Crippen LogP contribution >= 0.6 is 0 Å². The van der Waals surface area contributed by atoms with E-state index in [1.807, 2.05) is 13.8 Å². The van der Waals surface area contributed by atoms with Crippen LogP contribution in [0.15, 0.2) is 53.3 Å². The Kier molecular flexibility index (Phi) is 6.89. The van der Waals surface area contributed by atoms with E-state index < -0.39 is 23.1 Å². The molecule has 1 N–H and O–H groups in total. The van der Waals surface area contributed by atoms with Gasteiger partial charge in [-0.3, -0.25) is 4.79 Å². The molecule has 0 atom stereocenters. The van der Waals surface area contributed by atoms with Crippen molar-refractivity contribution in [3.8, 4) is 5.69 Å². The third kappa shape index (κ3) is 4.36. The summed E-state index contributed by atoms with van der Waals surface area (Å²) in [5.41, 5.74) is 0.214. The van der Waals surface area contributed by atoms with E-state index >= 15 is 0 Å². The molecule has 9 nitrogen and oxygen atoms in total. The maximum absolute atomic E-state index is 13.8. The first kappa shape index (κ1) is 24.1. The molecule has 1 aromatic heterocycles.